The van der Waals surface area contributed by atoms with Crippen LogP contribution >= 0.6 is 11.6 Å². The minimum Gasteiger partial charge on any atom is -0.508 e. The smallest absolute Gasteiger partial charge is 0.335 e. The van der Waals surface area contributed by atoms with Crippen LogP contribution in [0.3, 0.4) is 0 Å². The maximum Gasteiger partial charge on any atom is 0.335 e. The van der Waals surface area contributed by atoms with E-state index in [1.807, 2.05) is 0 Å². The number of benzene rings is 2. The van der Waals surface area contributed by atoms with Gasteiger partial charge in [0.05, 0.1) is 11.6 Å². The van der Waals surface area contributed by atoms with Crippen LogP contribution in [-0.2, 0) is 26.4 Å². The Morgan fingerprint density at radius 2 is 1.89 bits per heavy atom. The van der Waals surface area contributed by atoms with Crippen LogP contribution in [0.15, 0.2) is 49.1 Å². The Balaban J connectivity index is 1.47. The van der Waals surface area contributed by atoms with Crippen molar-refractivity contribution in [2.75, 3.05) is 0 Å². The number of carboxylic acids is 1. The fraction of sp³-hybridized carbons (Fsp3) is 0.348. The molecule has 0 radical (unpaired) electrons. The Hall–Kier alpha value is -3.33. The molecule has 2 aliphatic rings. The van der Waals surface area contributed by atoms with Crippen molar-refractivity contribution < 1.29 is 48.9 Å². The summed E-state index contributed by atoms with van der Waals surface area (Å²) < 4.78 is 31.9. The number of rotatable bonds is 7. The zero-order chi connectivity index (χ0) is 26.5. The number of aliphatic hydroxyl groups is 3. The molecule has 2 aliphatic heterocycles. The highest BCUT2D eigenvalue weighted by Crippen LogP contribution is 2.60. The largest absolute Gasteiger partial charge is 0.508 e. The molecule has 7 atom stereocenters. The summed E-state index contributed by atoms with van der Waals surface area (Å²) in [5.74, 6) is -2.55. The van der Waals surface area contributed by atoms with Crippen molar-refractivity contribution in [3.63, 3.8) is 0 Å². The second-order valence-corrected chi connectivity index (χ2v) is 9.07. The van der Waals surface area contributed by atoms with Gasteiger partial charge in [-0.3, -0.25) is 0 Å². The number of hydrogen-bond acceptors (Lipinski definition) is 10. The number of aliphatic hydroxyl groups excluding tert-OH is 3. The summed E-state index contributed by atoms with van der Waals surface area (Å²) in [5, 5.41) is 53.9. The van der Waals surface area contributed by atoms with Crippen molar-refractivity contribution in [2.24, 2.45) is 0 Å². The maximum atomic E-state index is 13.6. The molecule has 2 aromatic carbocycles. The molecule has 1 aromatic heterocycles. The molecule has 0 aliphatic carbocycles. The SMILES string of the molecule is O=C(O)[C@H]1O[C@H](Oc2cc(O)cc(C3OC3(Cn3cncn3)c3ccc(F)cc3)c2Cl)[C@H](O)[C@@H](O)[C@@H]1O. The van der Waals surface area contributed by atoms with Crippen LogP contribution in [0.4, 0.5) is 4.39 Å². The van der Waals surface area contributed by atoms with Crippen LogP contribution < -0.4 is 4.74 Å². The van der Waals surface area contributed by atoms with Gasteiger partial charge >= 0.3 is 5.97 Å². The van der Waals surface area contributed by atoms with Crippen LogP contribution in [-0.4, -0.2) is 77.0 Å². The number of halogens is 2. The Bertz CT molecular complexity index is 1300. The van der Waals surface area contributed by atoms with Crippen molar-refractivity contribution in [1.82, 2.24) is 14.8 Å². The summed E-state index contributed by atoms with van der Waals surface area (Å²) in [6, 6.07) is 8.08. The van der Waals surface area contributed by atoms with E-state index in [1.54, 1.807) is 12.1 Å². The molecule has 0 bridgehead atoms. The Labute approximate surface area is 213 Å². The molecule has 0 amide bonds. The van der Waals surface area contributed by atoms with E-state index >= 15 is 0 Å². The molecule has 5 rings (SSSR count). The fourth-order valence-electron chi connectivity index (χ4n) is 4.36. The number of phenols is 1. The van der Waals surface area contributed by atoms with Crippen molar-refractivity contribution in [1.29, 1.82) is 0 Å². The first-order valence-corrected chi connectivity index (χ1v) is 11.4. The van der Waals surface area contributed by atoms with Gasteiger partial charge in [0.15, 0.2) is 6.10 Å². The lowest BCUT2D eigenvalue weighted by molar-refractivity contribution is -0.271. The summed E-state index contributed by atoms with van der Waals surface area (Å²) in [6.45, 7) is 0.167. The number of epoxide rings is 1. The summed E-state index contributed by atoms with van der Waals surface area (Å²) >= 11 is 6.59. The van der Waals surface area contributed by atoms with Gasteiger partial charge in [0.2, 0.25) is 6.29 Å². The number of aromatic hydroxyl groups is 1. The topological polar surface area (TPSA) is 180 Å². The molecule has 37 heavy (non-hydrogen) atoms. The number of ether oxygens (including phenoxy) is 3. The van der Waals surface area contributed by atoms with Gasteiger partial charge < -0.3 is 39.7 Å². The number of aliphatic carboxylic acids is 1. The molecular weight excluding hydrogens is 517 g/mol. The highest BCUT2D eigenvalue weighted by Gasteiger charge is 2.60. The van der Waals surface area contributed by atoms with Gasteiger partial charge in [-0.15, -0.1) is 0 Å². The van der Waals surface area contributed by atoms with Crippen LogP contribution in [0.5, 0.6) is 11.5 Å². The van der Waals surface area contributed by atoms with Gasteiger partial charge in [0.25, 0.3) is 0 Å². The zero-order valence-electron chi connectivity index (χ0n) is 18.8. The van der Waals surface area contributed by atoms with Crippen LogP contribution in [0.2, 0.25) is 5.02 Å². The van der Waals surface area contributed by atoms with Gasteiger partial charge in [-0.25, -0.2) is 18.9 Å². The lowest BCUT2D eigenvalue weighted by Gasteiger charge is -2.38. The molecular formula is C23H21ClFN3O9. The average Bonchev–Trinajstić information content (AvgIpc) is 3.33. The molecule has 2 saturated heterocycles. The van der Waals surface area contributed by atoms with E-state index in [4.69, 9.17) is 25.8 Å². The van der Waals surface area contributed by atoms with E-state index < -0.39 is 54.2 Å². The van der Waals surface area contributed by atoms with E-state index in [0.29, 0.717) is 5.56 Å². The van der Waals surface area contributed by atoms with Crippen molar-refractivity contribution in [3.05, 3.63) is 71.0 Å². The number of carboxylic acid groups (broad SMARTS) is 1. The summed E-state index contributed by atoms with van der Waals surface area (Å²) in [4.78, 5) is 15.3. The molecule has 196 valence electrons. The summed E-state index contributed by atoms with van der Waals surface area (Å²) in [6.07, 6.45) is -7.22. The molecule has 12 nitrogen and oxygen atoms in total. The predicted octanol–water partition coefficient (Wildman–Crippen LogP) is 0.714. The van der Waals surface area contributed by atoms with Gasteiger partial charge in [-0.05, 0) is 23.8 Å². The predicted molar refractivity (Wildman–Crippen MR) is 120 cm³/mol. The number of phenolic OH excluding ortho intramolecular Hbond substituents is 1. The summed E-state index contributed by atoms with van der Waals surface area (Å²) in [5.41, 5.74) is -0.198. The third-order valence-corrected chi connectivity index (χ3v) is 6.69. The van der Waals surface area contributed by atoms with Crippen molar-refractivity contribution in [3.8, 4) is 11.5 Å². The second-order valence-electron chi connectivity index (χ2n) is 8.69. The standard InChI is InChI=1S/C23H21ClFN3O9/c24-15-13(20-23(37-20,7-28-9-26-8-27-28)10-1-3-11(25)4-2-10)5-12(29)6-14(15)35-22-18(32)16(30)17(31)19(36-22)21(33)34/h1-6,8-9,16-20,22,29-32H,7H2,(H,33,34)/t16-,17-,18+,19-,20?,22-,23?/m0/s1. The number of carbonyl (C=O) groups is 1. The van der Waals surface area contributed by atoms with Gasteiger partial charge in [0.1, 0.15) is 60.0 Å². The molecule has 0 saturated carbocycles. The van der Waals surface area contributed by atoms with E-state index in [-0.39, 0.29) is 28.6 Å². The van der Waals surface area contributed by atoms with Gasteiger partial charge in [0, 0.05) is 11.6 Å². The van der Waals surface area contributed by atoms with E-state index in [1.165, 1.54) is 35.5 Å². The van der Waals surface area contributed by atoms with Crippen LogP contribution in [0.1, 0.15) is 17.2 Å². The average molecular weight is 538 g/mol. The Morgan fingerprint density at radius 3 is 2.54 bits per heavy atom. The highest BCUT2D eigenvalue weighted by atomic mass is 35.5. The van der Waals surface area contributed by atoms with Crippen molar-refractivity contribution >= 4 is 17.6 Å². The summed E-state index contributed by atoms with van der Waals surface area (Å²) in [7, 11) is 0. The van der Waals surface area contributed by atoms with Gasteiger partial charge in [-0.2, -0.15) is 5.10 Å². The van der Waals surface area contributed by atoms with E-state index in [9.17, 15) is 34.7 Å². The third kappa shape index (κ3) is 4.61. The number of nitrogens with zero attached hydrogens (tertiary/aromatic N) is 3. The first kappa shape index (κ1) is 25.3. The van der Waals surface area contributed by atoms with E-state index in [0.717, 1.165) is 6.07 Å². The van der Waals surface area contributed by atoms with E-state index in [2.05, 4.69) is 10.1 Å². The lowest BCUT2D eigenvalue weighted by Crippen LogP contribution is -2.61. The minimum atomic E-state index is -1.91. The molecule has 2 fully saturated rings. The zero-order valence-corrected chi connectivity index (χ0v) is 19.5. The van der Waals surface area contributed by atoms with Crippen LogP contribution in [0.25, 0.3) is 0 Å². The van der Waals surface area contributed by atoms with Gasteiger partial charge in [-0.1, -0.05) is 23.7 Å². The monoisotopic (exact) mass is 537 g/mol. The molecule has 3 aromatic rings. The highest BCUT2D eigenvalue weighted by molar-refractivity contribution is 6.33. The molecule has 3 heterocycles. The first-order valence-electron chi connectivity index (χ1n) is 11.0. The second kappa shape index (κ2) is 9.52. The number of aromatic nitrogens is 3. The molecule has 0 spiro atoms. The molecule has 2 unspecified atom stereocenters. The minimum absolute atomic E-state index is 0.0614. The lowest BCUT2D eigenvalue weighted by atomic mass is 9.91. The Morgan fingerprint density at radius 1 is 1.16 bits per heavy atom. The number of hydrogen-bond donors (Lipinski definition) is 5. The molecule has 14 heteroatoms. The quantitative estimate of drug-likeness (QED) is 0.268. The first-order chi connectivity index (χ1) is 17.6. The fourth-order valence-corrected chi connectivity index (χ4v) is 4.62. The Kier molecular flexibility index (Phi) is 6.52. The molecule has 5 N–H and O–H groups in total. The normalized spacial score (nSPS) is 31.2. The van der Waals surface area contributed by atoms with Crippen LogP contribution in [0, 0.1) is 5.82 Å². The van der Waals surface area contributed by atoms with Crippen molar-refractivity contribution in [2.45, 2.75) is 49.0 Å². The third-order valence-electron chi connectivity index (χ3n) is 6.28. The maximum absolute atomic E-state index is 13.6.